The van der Waals surface area contributed by atoms with Crippen molar-refractivity contribution in [1.82, 2.24) is 34.1 Å². The number of nitrogens with zero attached hydrogens (tertiary/aromatic N) is 7. The van der Waals surface area contributed by atoms with Crippen LogP contribution in [0, 0.1) is 0 Å². The van der Waals surface area contributed by atoms with E-state index >= 15 is 0 Å². The molecule has 0 amide bonds. The van der Waals surface area contributed by atoms with Gasteiger partial charge in [0.15, 0.2) is 35.3 Å². The first-order chi connectivity index (χ1) is 24.5. The van der Waals surface area contributed by atoms with Crippen molar-refractivity contribution in [3.63, 3.8) is 0 Å². The molecule has 11 atom stereocenters. The second-order valence-electron chi connectivity index (χ2n) is 11.4. The third-order valence-corrected chi connectivity index (χ3v) is 12.0. The van der Waals surface area contributed by atoms with Crippen molar-refractivity contribution >= 4 is 57.7 Å². The Balaban J connectivity index is 1.06. The topological polar surface area (TPSA) is 442 Å². The third kappa shape index (κ3) is 7.44. The highest BCUT2D eigenvalue weighted by Crippen LogP contribution is 2.67. The van der Waals surface area contributed by atoms with Gasteiger partial charge in [-0.25, -0.2) is 23.7 Å². The van der Waals surface area contributed by atoms with E-state index < -0.39 is 103 Å². The minimum atomic E-state index is -6.07. The molecule has 2 aliphatic heterocycles. The Bertz CT molecular complexity index is 2270. The number of aromatic amines is 1. The van der Waals surface area contributed by atoms with Gasteiger partial charge in [0.25, 0.3) is 11.5 Å². The van der Waals surface area contributed by atoms with Crippen LogP contribution in [-0.4, -0.2) is 124 Å². The van der Waals surface area contributed by atoms with E-state index in [0.29, 0.717) is 4.57 Å². The van der Waals surface area contributed by atoms with E-state index in [2.05, 4.69) is 42.6 Å². The van der Waals surface area contributed by atoms with Gasteiger partial charge in [-0.1, -0.05) is 4.98 Å². The summed E-state index contributed by atoms with van der Waals surface area (Å²) >= 11 is 0. The fraction of sp³-hybridized carbons (Fsp3) is 0.524. The van der Waals surface area contributed by atoms with Crippen molar-refractivity contribution in [3.8, 4) is 5.88 Å². The molecule has 4 aromatic heterocycles. The number of aliphatic hydroxyl groups excluding tert-OH is 4. The first kappa shape index (κ1) is 39.1. The van der Waals surface area contributed by atoms with Crippen molar-refractivity contribution in [1.29, 1.82) is 0 Å². The summed E-state index contributed by atoms with van der Waals surface area (Å²) in [5, 5.41) is 65.5. The molecule has 0 bridgehead atoms. The van der Waals surface area contributed by atoms with E-state index in [4.69, 9.17) is 20.9 Å². The Morgan fingerprint density at radius 3 is 2.25 bits per heavy atom. The van der Waals surface area contributed by atoms with Crippen LogP contribution in [0.2, 0.25) is 0 Å². The number of rotatable bonds is 12. The average molecular weight is 818 g/mol. The van der Waals surface area contributed by atoms with Crippen LogP contribution in [0.3, 0.4) is 0 Å². The number of H-pyrrole nitrogens is 1. The number of hydrogen-bond donors (Lipinski definition) is 11. The molecule has 29 nitrogen and oxygen atoms in total. The van der Waals surface area contributed by atoms with E-state index in [9.17, 15) is 63.8 Å². The van der Waals surface area contributed by atoms with Crippen LogP contribution in [0.4, 0.5) is 11.9 Å². The van der Waals surface area contributed by atoms with Crippen LogP contribution in [0.25, 0.3) is 22.3 Å². The number of nitrogen functional groups attached to an aromatic ring is 2. The number of fused-ring (bicyclic) bond motifs is 2. The summed E-state index contributed by atoms with van der Waals surface area (Å²) < 4.78 is 68.0. The molecule has 2 saturated heterocycles. The molecule has 0 radical (unpaired) electrons. The van der Waals surface area contributed by atoms with E-state index in [1.165, 1.54) is 7.05 Å². The number of hydrogen-bond acceptors (Lipinski definition) is 22. The van der Waals surface area contributed by atoms with Crippen molar-refractivity contribution in [2.75, 3.05) is 24.7 Å². The summed E-state index contributed by atoms with van der Waals surface area (Å²) in [7, 11) is -16.3. The number of aromatic nitrogens is 8. The zero-order valence-corrected chi connectivity index (χ0v) is 29.0. The van der Waals surface area contributed by atoms with E-state index in [1.807, 2.05) is 0 Å². The molecule has 53 heavy (non-hydrogen) atoms. The predicted molar refractivity (Wildman–Crippen MR) is 162 cm³/mol. The maximum Gasteiger partial charge on any atom is 0.490 e. The standard InChI is InChI=1S/C21H29N10O19P3/c1-29-5-31(15-9(29)17(37)28-20(23)26-15)21(38)13(35)11(33)7(48-21)3-46-52(41,42)50-53(43,44)49-51(39,40)45-2-6-10(32)12(34)18(47-6)30-4-24-8-14(30)25-19(22)27-16(8)36/h4-7,10-13,18,32-35,38H,2-3H2,1H3,(H8-,22,23,25,26,27,28,36,37,39,40,41,42,43,44)/t6-,7-,10-,11-,12-,13-,18-,21+/m1/s1. The molecule has 0 aliphatic carbocycles. The molecule has 292 valence electrons. The van der Waals surface area contributed by atoms with Gasteiger partial charge in [0.2, 0.25) is 5.95 Å². The van der Waals surface area contributed by atoms with Gasteiger partial charge in [0.05, 0.1) is 26.6 Å². The van der Waals surface area contributed by atoms with Crippen molar-refractivity contribution in [3.05, 3.63) is 23.0 Å². The van der Waals surface area contributed by atoms with Crippen molar-refractivity contribution < 1.29 is 90.7 Å². The Morgan fingerprint density at radius 2 is 1.60 bits per heavy atom. The van der Waals surface area contributed by atoms with Gasteiger partial charge in [-0.2, -0.15) is 18.2 Å². The minimum absolute atomic E-state index is 0.168. The van der Waals surface area contributed by atoms with Crippen LogP contribution in [0.5, 0.6) is 5.88 Å². The van der Waals surface area contributed by atoms with Crippen molar-refractivity contribution in [2.24, 2.45) is 7.05 Å². The van der Waals surface area contributed by atoms with Crippen LogP contribution < -0.4 is 26.7 Å². The van der Waals surface area contributed by atoms with Gasteiger partial charge in [-0.15, -0.1) is 0 Å². The number of aliphatic hydroxyl groups is 5. The number of phosphoric acid groups is 3. The van der Waals surface area contributed by atoms with Crippen LogP contribution in [0.1, 0.15) is 6.23 Å². The van der Waals surface area contributed by atoms with Gasteiger partial charge >= 0.3 is 35.0 Å². The lowest BCUT2D eigenvalue weighted by Crippen LogP contribution is -2.62. The number of nitrogens with one attached hydrogen (secondary N) is 1. The fourth-order valence-electron chi connectivity index (χ4n) is 5.44. The summed E-state index contributed by atoms with van der Waals surface area (Å²) in [6.45, 7) is -2.38. The summed E-state index contributed by atoms with van der Waals surface area (Å²) in [4.78, 5) is 59.2. The SMILES string of the molecule is Cn1c[n+]([C@@]2(O)O[C@H](COP(=O)(O)OP(=O)(O)OP(=O)(O)OC[C@H]3O[C@@H](n4cnc5c(=O)[nH]c(N)nc54)[C@H](O)[C@@H]3O)[C@@H](O)[C@H]2O)c2nc(N)nc([O-])c21. The summed E-state index contributed by atoms with van der Waals surface area (Å²) in [6.07, 6.45) is -11.0. The highest BCUT2D eigenvalue weighted by molar-refractivity contribution is 7.66. The number of aryl methyl sites for hydroxylation is 1. The minimum Gasteiger partial charge on any atom is -0.856 e. The van der Waals surface area contributed by atoms with Crippen LogP contribution in [0.15, 0.2) is 17.4 Å². The summed E-state index contributed by atoms with van der Waals surface area (Å²) in [6, 6.07) is 0. The number of ether oxygens (including phenoxy) is 2. The Labute approximate surface area is 292 Å². The molecule has 4 aromatic rings. The molecule has 0 spiro atoms. The smallest absolute Gasteiger partial charge is 0.490 e. The molecule has 6 rings (SSSR count). The number of anilines is 2. The normalized spacial score (nSPS) is 31.2. The van der Waals surface area contributed by atoms with Gasteiger partial charge in [-0.05, 0) is 0 Å². The summed E-state index contributed by atoms with van der Waals surface area (Å²) in [5.74, 6) is -4.64. The van der Waals surface area contributed by atoms with Crippen molar-refractivity contribution in [2.45, 2.75) is 48.8 Å². The molecule has 2 aliphatic rings. The fourth-order valence-corrected chi connectivity index (χ4v) is 8.96. The largest absolute Gasteiger partial charge is 0.856 e. The highest BCUT2D eigenvalue weighted by Gasteiger charge is 2.59. The molecule has 13 N–H and O–H groups in total. The molecule has 0 saturated carbocycles. The Morgan fingerprint density at radius 1 is 0.981 bits per heavy atom. The first-order valence-corrected chi connectivity index (χ1v) is 18.9. The molecule has 32 heteroatoms. The summed E-state index contributed by atoms with van der Waals surface area (Å²) in [5.41, 5.74) is 9.36. The van der Waals surface area contributed by atoms with Gasteiger partial charge in [0.1, 0.15) is 30.5 Å². The lowest BCUT2D eigenvalue weighted by atomic mass is 10.1. The molecular weight excluding hydrogens is 789 g/mol. The van der Waals surface area contributed by atoms with Gasteiger partial charge in [0, 0.05) is 5.88 Å². The monoisotopic (exact) mass is 818 g/mol. The maximum atomic E-state index is 12.5. The zero-order valence-electron chi connectivity index (χ0n) is 26.3. The number of nitrogens with two attached hydrogens (primary N) is 2. The number of phosphoric ester groups is 2. The van der Waals surface area contributed by atoms with Gasteiger partial charge in [-0.3, -0.25) is 28.0 Å². The van der Waals surface area contributed by atoms with E-state index in [0.717, 1.165) is 21.8 Å². The molecule has 2 fully saturated rings. The van der Waals surface area contributed by atoms with E-state index in [-0.39, 0.29) is 28.3 Å². The third-order valence-electron chi connectivity index (χ3n) is 7.76. The van der Waals surface area contributed by atoms with E-state index in [1.54, 1.807) is 0 Å². The van der Waals surface area contributed by atoms with Gasteiger partial charge < -0.3 is 66.3 Å². The highest BCUT2D eigenvalue weighted by atomic mass is 31.3. The molecule has 3 unspecified atom stereocenters. The molecule has 6 heterocycles. The first-order valence-electron chi connectivity index (χ1n) is 14.4. The number of imidazole rings is 2. The Hall–Kier alpha value is -3.57. The quantitative estimate of drug-likeness (QED) is 0.0469. The zero-order chi connectivity index (χ0) is 39.0. The lowest BCUT2D eigenvalue weighted by molar-refractivity contribution is -0.842. The lowest BCUT2D eigenvalue weighted by Gasteiger charge is -2.23. The Kier molecular flexibility index (Phi) is 10.1. The predicted octanol–water partition coefficient (Wildman–Crippen LogP) is -5.66. The molecule has 0 aromatic carbocycles. The van der Waals surface area contributed by atoms with Crippen LogP contribution >= 0.6 is 23.5 Å². The maximum absolute atomic E-state index is 12.5. The molecular formula is C21H29N10O19P3. The van der Waals surface area contributed by atoms with Crippen LogP contribution in [-0.2, 0) is 53.8 Å². The average Bonchev–Trinajstić information content (AvgIpc) is 3.74. The second kappa shape index (κ2) is 13.6. The second-order valence-corrected chi connectivity index (χ2v) is 16.0.